The second-order valence-electron chi connectivity index (χ2n) is 5.01. The predicted molar refractivity (Wildman–Crippen MR) is 87.7 cm³/mol. The van der Waals surface area contributed by atoms with Gasteiger partial charge in [-0.2, -0.15) is 0 Å². The molecule has 1 aromatic heterocycles. The summed E-state index contributed by atoms with van der Waals surface area (Å²) >= 11 is 9.84. The number of hydrogen-bond acceptors (Lipinski definition) is 1. The van der Waals surface area contributed by atoms with E-state index in [1.807, 2.05) is 30.5 Å². The van der Waals surface area contributed by atoms with Crippen LogP contribution >= 0.6 is 27.5 Å². The number of fused-ring (bicyclic) bond motifs is 1. The molecule has 0 aliphatic rings. The van der Waals surface area contributed by atoms with Crippen LogP contribution in [0.2, 0.25) is 0 Å². The summed E-state index contributed by atoms with van der Waals surface area (Å²) in [5.74, 6) is 0.396. The Morgan fingerprint density at radius 3 is 2.71 bits per heavy atom. The van der Waals surface area contributed by atoms with Crippen LogP contribution in [-0.2, 0) is 0 Å². The number of imidazole rings is 1. The van der Waals surface area contributed by atoms with Crippen LogP contribution < -0.4 is 0 Å². The molecule has 0 fully saturated rings. The summed E-state index contributed by atoms with van der Waals surface area (Å²) < 4.78 is 16.3. The van der Waals surface area contributed by atoms with Gasteiger partial charge in [0, 0.05) is 10.5 Å². The molecule has 2 nitrogen and oxygen atoms in total. The molecule has 1 heterocycles. The Morgan fingerprint density at radius 1 is 1.24 bits per heavy atom. The molecule has 0 aliphatic heterocycles. The zero-order valence-corrected chi connectivity index (χ0v) is 13.9. The van der Waals surface area contributed by atoms with Crippen molar-refractivity contribution in [2.24, 2.45) is 0 Å². The van der Waals surface area contributed by atoms with Crippen molar-refractivity contribution in [1.82, 2.24) is 9.55 Å². The molecule has 0 radical (unpaired) electrons. The molecule has 1 unspecified atom stereocenters. The van der Waals surface area contributed by atoms with Gasteiger partial charge < -0.3 is 0 Å². The zero-order chi connectivity index (χ0) is 15.1. The van der Waals surface area contributed by atoms with Gasteiger partial charge in [0.1, 0.15) is 11.6 Å². The van der Waals surface area contributed by atoms with Crippen molar-refractivity contribution in [3.63, 3.8) is 0 Å². The van der Waals surface area contributed by atoms with Crippen LogP contribution in [0.25, 0.3) is 16.7 Å². The topological polar surface area (TPSA) is 17.8 Å². The number of nitrogens with zero attached hydrogens (tertiary/aromatic N) is 2. The molecule has 3 rings (SSSR count). The predicted octanol–water partition coefficient (Wildman–Crippen LogP) is 5.54. The van der Waals surface area contributed by atoms with E-state index in [1.54, 1.807) is 6.07 Å². The van der Waals surface area contributed by atoms with E-state index in [9.17, 15) is 4.39 Å². The third-order valence-corrected chi connectivity index (χ3v) is 4.21. The molecule has 108 valence electrons. The van der Waals surface area contributed by atoms with Crippen molar-refractivity contribution >= 4 is 38.6 Å². The van der Waals surface area contributed by atoms with Gasteiger partial charge in [-0.25, -0.2) is 9.37 Å². The minimum absolute atomic E-state index is 0.284. The first kappa shape index (κ1) is 14.5. The lowest BCUT2D eigenvalue weighted by Crippen LogP contribution is -2.03. The molecule has 0 aliphatic carbocycles. The molecule has 0 N–H and O–H groups in total. The van der Waals surface area contributed by atoms with E-state index in [-0.39, 0.29) is 11.2 Å². The highest BCUT2D eigenvalue weighted by Crippen LogP contribution is 2.32. The van der Waals surface area contributed by atoms with Crippen LogP contribution in [0.4, 0.5) is 4.39 Å². The smallest absolute Gasteiger partial charge is 0.132 e. The Morgan fingerprint density at radius 2 is 2.00 bits per heavy atom. The number of rotatable bonds is 2. The van der Waals surface area contributed by atoms with Crippen molar-refractivity contribution in [2.75, 3.05) is 0 Å². The molecule has 0 spiro atoms. The number of benzene rings is 2. The standard InChI is InChI=1S/C16H13BrClFN2/c1-9-3-5-12(17)15(7-9)21-14-6-4-11(19)8-13(14)20-16(21)10(2)18/h3-8,10H,1-2H3. The summed E-state index contributed by atoms with van der Waals surface area (Å²) in [4.78, 5) is 4.49. The summed E-state index contributed by atoms with van der Waals surface area (Å²) in [6, 6.07) is 10.7. The minimum atomic E-state index is -0.302. The van der Waals surface area contributed by atoms with Gasteiger partial charge in [0.15, 0.2) is 0 Å². The molecule has 21 heavy (non-hydrogen) atoms. The molecular weight excluding hydrogens is 355 g/mol. The maximum atomic E-state index is 13.4. The van der Waals surface area contributed by atoms with Gasteiger partial charge in [-0.15, -0.1) is 11.6 Å². The second-order valence-corrected chi connectivity index (χ2v) is 6.52. The van der Waals surface area contributed by atoms with Crippen LogP contribution in [0, 0.1) is 12.7 Å². The van der Waals surface area contributed by atoms with Crippen LogP contribution in [0.5, 0.6) is 0 Å². The summed E-state index contributed by atoms with van der Waals surface area (Å²) in [6.07, 6.45) is 0. The molecule has 3 aromatic rings. The number of aromatic nitrogens is 2. The lowest BCUT2D eigenvalue weighted by Gasteiger charge is -2.13. The van der Waals surface area contributed by atoms with E-state index in [0.717, 1.165) is 21.2 Å². The Balaban J connectivity index is 2.39. The van der Waals surface area contributed by atoms with E-state index < -0.39 is 0 Å². The largest absolute Gasteiger partial charge is 0.294 e. The van der Waals surface area contributed by atoms with Gasteiger partial charge >= 0.3 is 0 Å². The van der Waals surface area contributed by atoms with Crippen LogP contribution in [0.3, 0.4) is 0 Å². The fourth-order valence-electron chi connectivity index (χ4n) is 2.39. The highest BCUT2D eigenvalue weighted by molar-refractivity contribution is 9.10. The average molecular weight is 368 g/mol. The van der Waals surface area contributed by atoms with Crippen LogP contribution in [-0.4, -0.2) is 9.55 Å². The molecule has 5 heteroatoms. The van der Waals surface area contributed by atoms with E-state index in [1.165, 1.54) is 12.1 Å². The van der Waals surface area contributed by atoms with Crippen molar-refractivity contribution in [3.05, 3.63) is 58.1 Å². The van der Waals surface area contributed by atoms with E-state index >= 15 is 0 Å². The molecule has 0 amide bonds. The van der Waals surface area contributed by atoms with Gasteiger partial charge in [0.25, 0.3) is 0 Å². The number of halogens is 3. The normalized spacial score (nSPS) is 12.8. The summed E-state index contributed by atoms with van der Waals surface area (Å²) in [6.45, 7) is 3.89. The van der Waals surface area contributed by atoms with Gasteiger partial charge in [-0.3, -0.25) is 4.57 Å². The number of hydrogen-bond donors (Lipinski definition) is 0. The second kappa shape index (κ2) is 5.43. The van der Waals surface area contributed by atoms with E-state index in [2.05, 4.69) is 27.0 Å². The van der Waals surface area contributed by atoms with Gasteiger partial charge in [0.2, 0.25) is 0 Å². The lowest BCUT2D eigenvalue weighted by molar-refractivity contribution is 0.629. The fraction of sp³-hybridized carbons (Fsp3) is 0.188. The number of aryl methyl sites for hydroxylation is 1. The Hall–Kier alpha value is -1.39. The number of alkyl halides is 1. The third kappa shape index (κ3) is 2.58. The van der Waals surface area contributed by atoms with Crippen LogP contribution in [0.15, 0.2) is 40.9 Å². The molecule has 0 saturated heterocycles. The first-order chi connectivity index (χ1) is 9.97. The monoisotopic (exact) mass is 366 g/mol. The highest BCUT2D eigenvalue weighted by Gasteiger charge is 2.18. The van der Waals surface area contributed by atoms with Crippen molar-refractivity contribution < 1.29 is 4.39 Å². The van der Waals surface area contributed by atoms with Gasteiger partial charge in [-0.05, 0) is 59.6 Å². The summed E-state index contributed by atoms with van der Waals surface area (Å²) in [7, 11) is 0. The van der Waals surface area contributed by atoms with E-state index in [0.29, 0.717) is 11.3 Å². The molecular formula is C16H13BrClFN2. The van der Waals surface area contributed by atoms with Crippen molar-refractivity contribution in [2.45, 2.75) is 19.2 Å². The first-order valence-electron chi connectivity index (χ1n) is 6.56. The fourth-order valence-corrected chi connectivity index (χ4v) is 2.96. The SMILES string of the molecule is Cc1ccc(Br)c(-n2c(C(C)Cl)nc3cc(F)ccc32)c1. The van der Waals surface area contributed by atoms with Gasteiger partial charge in [0.05, 0.1) is 22.1 Å². The van der Waals surface area contributed by atoms with E-state index in [4.69, 9.17) is 11.6 Å². The molecule has 0 bridgehead atoms. The Kier molecular flexibility index (Phi) is 3.76. The maximum absolute atomic E-state index is 13.4. The van der Waals surface area contributed by atoms with Crippen molar-refractivity contribution in [1.29, 1.82) is 0 Å². The quantitative estimate of drug-likeness (QED) is 0.544. The van der Waals surface area contributed by atoms with Crippen molar-refractivity contribution in [3.8, 4) is 5.69 Å². The lowest BCUT2D eigenvalue weighted by atomic mass is 10.2. The van der Waals surface area contributed by atoms with Gasteiger partial charge in [-0.1, -0.05) is 6.07 Å². The highest BCUT2D eigenvalue weighted by atomic mass is 79.9. The molecule has 1 atom stereocenters. The minimum Gasteiger partial charge on any atom is -0.294 e. The Labute approximate surface area is 135 Å². The average Bonchev–Trinajstić information content (AvgIpc) is 2.80. The molecule has 0 saturated carbocycles. The van der Waals surface area contributed by atoms with Crippen LogP contribution in [0.1, 0.15) is 23.7 Å². The third-order valence-electron chi connectivity index (χ3n) is 3.34. The Bertz CT molecular complexity index is 827. The first-order valence-corrected chi connectivity index (χ1v) is 7.79. The molecule has 2 aromatic carbocycles. The maximum Gasteiger partial charge on any atom is 0.132 e. The zero-order valence-electron chi connectivity index (χ0n) is 11.6. The summed E-state index contributed by atoms with van der Waals surface area (Å²) in [5, 5.41) is -0.284. The summed E-state index contributed by atoms with van der Waals surface area (Å²) in [5.41, 5.74) is 3.52.